The number of aliphatic imine (C=N–C) groups is 1. The summed E-state index contributed by atoms with van der Waals surface area (Å²) in [6.07, 6.45) is 3.13. The van der Waals surface area contributed by atoms with Gasteiger partial charge in [-0.15, -0.1) is 0 Å². The Labute approximate surface area is 102 Å². The number of benzene rings is 1. The molecule has 92 valence electrons. The third-order valence-corrected chi connectivity index (χ3v) is 3.94. The molecule has 0 unspecified atom stereocenters. The lowest BCUT2D eigenvalue weighted by molar-refractivity contribution is 0.588. The molecule has 0 bridgehead atoms. The van der Waals surface area contributed by atoms with Gasteiger partial charge in [0, 0.05) is 36.0 Å². The smallest absolute Gasteiger partial charge is 0.111 e. The van der Waals surface area contributed by atoms with Gasteiger partial charge in [-0.05, 0) is 31.0 Å². The molecule has 0 heterocycles. The Bertz CT molecular complexity index is 514. The summed E-state index contributed by atoms with van der Waals surface area (Å²) in [5, 5.41) is 0.679. The first kappa shape index (κ1) is 13.5. The molecule has 4 N–H and O–H groups in total. The molecular formula is C12H18N3OP. The summed E-state index contributed by atoms with van der Waals surface area (Å²) in [7, 11) is -0.716. The molecule has 4 nitrogen and oxygen atoms in total. The van der Waals surface area contributed by atoms with Crippen molar-refractivity contribution in [2.75, 3.05) is 26.1 Å². The molecule has 0 aliphatic carbocycles. The second-order valence-corrected chi connectivity index (χ2v) is 7.32. The largest absolute Gasteiger partial charge is 0.404 e. The monoisotopic (exact) mass is 251 g/mol. The minimum absolute atomic E-state index is 0.548. The van der Waals surface area contributed by atoms with E-state index < -0.39 is 7.14 Å². The number of nitrogens with zero attached hydrogens (tertiary/aromatic N) is 1. The summed E-state index contributed by atoms with van der Waals surface area (Å²) >= 11 is 0. The fourth-order valence-electron chi connectivity index (χ4n) is 1.54. The lowest BCUT2D eigenvalue weighted by Gasteiger charge is -2.12. The van der Waals surface area contributed by atoms with Gasteiger partial charge in [0.2, 0.25) is 0 Å². The van der Waals surface area contributed by atoms with Crippen molar-refractivity contribution in [3.63, 3.8) is 0 Å². The first-order valence-electron chi connectivity index (χ1n) is 5.19. The number of hydrogen-bond acceptors (Lipinski definition) is 4. The topological polar surface area (TPSA) is 81.5 Å². The minimum Gasteiger partial charge on any atom is -0.404 e. The first-order chi connectivity index (χ1) is 7.90. The Kier molecular flexibility index (Phi) is 4.13. The molecule has 0 aliphatic rings. The molecule has 17 heavy (non-hydrogen) atoms. The zero-order chi connectivity index (χ0) is 13.1. The number of nitrogens with two attached hydrogens (primary N) is 2. The third-order valence-electron chi connectivity index (χ3n) is 2.39. The highest BCUT2D eigenvalue weighted by atomic mass is 31.2. The molecular weight excluding hydrogens is 233 g/mol. The average molecular weight is 251 g/mol. The van der Waals surface area contributed by atoms with Crippen LogP contribution in [0.3, 0.4) is 0 Å². The molecule has 1 aromatic carbocycles. The SMILES string of the molecule is CN=CC(=CN)c1ccc(N)c(P(C)(C)=O)c1. The van der Waals surface area contributed by atoms with E-state index in [4.69, 9.17) is 11.5 Å². The first-order valence-corrected chi connectivity index (χ1v) is 7.79. The van der Waals surface area contributed by atoms with E-state index in [1.807, 2.05) is 12.1 Å². The molecule has 5 heteroatoms. The van der Waals surface area contributed by atoms with E-state index in [0.29, 0.717) is 11.0 Å². The molecule has 1 aromatic rings. The summed E-state index contributed by atoms with van der Waals surface area (Å²) in [4.78, 5) is 3.92. The van der Waals surface area contributed by atoms with Crippen LogP contribution in [0.15, 0.2) is 29.4 Å². The highest BCUT2D eigenvalue weighted by Crippen LogP contribution is 2.37. The Balaban J connectivity index is 3.36. The fraction of sp³-hybridized carbons (Fsp3) is 0.250. The maximum Gasteiger partial charge on any atom is 0.111 e. The van der Waals surface area contributed by atoms with Gasteiger partial charge in [0.25, 0.3) is 0 Å². The van der Waals surface area contributed by atoms with Crippen molar-refractivity contribution in [1.82, 2.24) is 0 Å². The van der Waals surface area contributed by atoms with Crippen molar-refractivity contribution in [3.8, 4) is 0 Å². The summed E-state index contributed by atoms with van der Waals surface area (Å²) in [6, 6.07) is 5.41. The second-order valence-electron chi connectivity index (χ2n) is 4.13. The van der Waals surface area contributed by atoms with Crippen molar-refractivity contribution in [2.24, 2.45) is 10.7 Å². The number of hydrogen-bond donors (Lipinski definition) is 2. The predicted molar refractivity (Wildman–Crippen MR) is 76.5 cm³/mol. The standard InChI is InChI=1S/C12H18N3OP/c1-15-8-10(7-13)9-4-5-11(14)12(6-9)17(2,3)16/h4-8H,13-14H2,1-3H3. The number of allylic oxidation sites excluding steroid dienone is 1. The van der Waals surface area contributed by atoms with Crippen LogP contribution in [0.4, 0.5) is 5.69 Å². The Morgan fingerprint density at radius 1 is 1.41 bits per heavy atom. The van der Waals surface area contributed by atoms with Crippen molar-refractivity contribution >= 4 is 29.9 Å². The summed E-state index contributed by atoms with van der Waals surface area (Å²) < 4.78 is 12.1. The van der Waals surface area contributed by atoms with Crippen LogP contribution in [0.2, 0.25) is 0 Å². The zero-order valence-corrected chi connectivity index (χ0v) is 11.2. The van der Waals surface area contributed by atoms with Gasteiger partial charge >= 0.3 is 0 Å². The Morgan fingerprint density at radius 2 is 2.06 bits per heavy atom. The molecule has 0 atom stereocenters. The molecule has 0 fully saturated rings. The quantitative estimate of drug-likeness (QED) is 0.485. The van der Waals surface area contributed by atoms with E-state index in [9.17, 15) is 4.57 Å². The fourth-order valence-corrected chi connectivity index (χ4v) is 2.69. The van der Waals surface area contributed by atoms with Gasteiger partial charge in [-0.25, -0.2) is 0 Å². The summed E-state index contributed by atoms with van der Waals surface area (Å²) in [5.74, 6) is 0. The lowest BCUT2D eigenvalue weighted by atomic mass is 10.1. The third kappa shape index (κ3) is 3.21. The highest BCUT2D eigenvalue weighted by Gasteiger charge is 2.15. The van der Waals surface area contributed by atoms with Gasteiger partial charge in [0.15, 0.2) is 0 Å². The van der Waals surface area contributed by atoms with Gasteiger partial charge < -0.3 is 16.0 Å². The van der Waals surface area contributed by atoms with Crippen LogP contribution >= 0.6 is 7.14 Å². The van der Waals surface area contributed by atoms with Crippen LogP contribution in [0.5, 0.6) is 0 Å². The minimum atomic E-state index is -2.39. The maximum absolute atomic E-state index is 12.1. The van der Waals surface area contributed by atoms with Crippen molar-refractivity contribution in [1.29, 1.82) is 0 Å². The molecule has 0 radical (unpaired) electrons. The Morgan fingerprint density at radius 3 is 2.53 bits per heavy atom. The van der Waals surface area contributed by atoms with Crippen LogP contribution in [-0.2, 0) is 4.57 Å². The molecule has 0 saturated heterocycles. The van der Waals surface area contributed by atoms with Crippen LogP contribution in [0.25, 0.3) is 5.57 Å². The van der Waals surface area contributed by atoms with E-state index in [0.717, 1.165) is 11.1 Å². The van der Waals surface area contributed by atoms with Gasteiger partial charge in [-0.2, -0.15) is 0 Å². The average Bonchev–Trinajstić information content (AvgIpc) is 2.25. The van der Waals surface area contributed by atoms with Crippen molar-refractivity contribution < 1.29 is 4.57 Å². The van der Waals surface area contributed by atoms with E-state index >= 15 is 0 Å². The highest BCUT2D eigenvalue weighted by molar-refractivity contribution is 7.70. The number of anilines is 1. The molecule has 0 spiro atoms. The molecule has 0 aromatic heterocycles. The lowest BCUT2D eigenvalue weighted by Crippen LogP contribution is -2.11. The Hall–Kier alpha value is -1.54. The summed E-state index contributed by atoms with van der Waals surface area (Å²) in [5.41, 5.74) is 13.6. The van der Waals surface area contributed by atoms with Gasteiger partial charge in [0.1, 0.15) is 7.14 Å². The van der Waals surface area contributed by atoms with E-state index in [1.54, 1.807) is 32.7 Å². The maximum atomic E-state index is 12.1. The van der Waals surface area contributed by atoms with Crippen LogP contribution < -0.4 is 16.8 Å². The molecule has 0 saturated carbocycles. The zero-order valence-electron chi connectivity index (χ0n) is 10.3. The van der Waals surface area contributed by atoms with Crippen LogP contribution in [-0.4, -0.2) is 26.6 Å². The second kappa shape index (κ2) is 5.19. The van der Waals surface area contributed by atoms with Gasteiger partial charge in [-0.3, -0.25) is 4.99 Å². The van der Waals surface area contributed by atoms with Gasteiger partial charge in [0.05, 0.1) is 0 Å². The van der Waals surface area contributed by atoms with E-state index in [1.165, 1.54) is 6.20 Å². The number of nitrogen functional groups attached to an aromatic ring is 1. The van der Waals surface area contributed by atoms with E-state index in [2.05, 4.69) is 4.99 Å². The van der Waals surface area contributed by atoms with Crippen molar-refractivity contribution in [3.05, 3.63) is 30.0 Å². The van der Waals surface area contributed by atoms with E-state index in [-0.39, 0.29) is 0 Å². The molecule has 0 amide bonds. The van der Waals surface area contributed by atoms with Gasteiger partial charge in [-0.1, -0.05) is 6.07 Å². The number of rotatable bonds is 3. The van der Waals surface area contributed by atoms with Crippen LogP contribution in [0, 0.1) is 0 Å². The predicted octanol–water partition coefficient (Wildman–Crippen LogP) is 1.52. The molecule has 1 rings (SSSR count). The van der Waals surface area contributed by atoms with Crippen molar-refractivity contribution in [2.45, 2.75) is 0 Å². The normalized spacial score (nSPS) is 13.2. The molecule has 0 aliphatic heterocycles. The summed E-state index contributed by atoms with van der Waals surface area (Å²) in [6.45, 7) is 3.39. The van der Waals surface area contributed by atoms with Crippen LogP contribution in [0.1, 0.15) is 5.56 Å².